The highest BCUT2D eigenvalue weighted by atomic mass is 127. The first kappa shape index (κ1) is 25.2. The van der Waals surface area contributed by atoms with Crippen molar-refractivity contribution in [2.45, 2.75) is 78.2 Å². The zero-order valence-electron chi connectivity index (χ0n) is 17.7. The van der Waals surface area contributed by atoms with Crippen LogP contribution >= 0.6 is 24.0 Å². The summed E-state index contributed by atoms with van der Waals surface area (Å²) in [5.74, 6) is 1.28. The summed E-state index contributed by atoms with van der Waals surface area (Å²) < 4.78 is 11.4. The van der Waals surface area contributed by atoms with E-state index in [-0.39, 0.29) is 24.0 Å². The van der Waals surface area contributed by atoms with E-state index in [1.807, 2.05) is 0 Å². The van der Waals surface area contributed by atoms with E-state index in [0.717, 1.165) is 44.0 Å². The van der Waals surface area contributed by atoms with Gasteiger partial charge in [-0.25, -0.2) is 4.99 Å². The molecule has 1 saturated heterocycles. The predicted octanol–water partition coefficient (Wildman–Crippen LogP) is 4.62. The van der Waals surface area contributed by atoms with E-state index >= 15 is 0 Å². The van der Waals surface area contributed by atoms with E-state index in [9.17, 15) is 0 Å². The van der Waals surface area contributed by atoms with Crippen LogP contribution in [0.25, 0.3) is 0 Å². The number of halogens is 1. The van der Waals surface area contributed by atoms with Crippen molar-refractivity contribution in [1.29, 1.82) is 0 Å². The van der Waals surface area contributed by atoms with Crippen molar-refractivity contribution in [3.05, 3.63) is 35.4 Å². The van der Waals surface area contributed by atoms with Gasteiger partial charge < -0.3 is 20.5 Å². The standard InChI is InChI=1S/C22H37N3O2.HI/c1-17(2)6-4-7-18(3)25-22(23)24-15-19-8-5-9-20(14-19)16-27-21-10-12-26-13-11-21;/h5,8-9,14,17-18,21H,4,6-7,10-13,15-16H2,1-3H3,(H3,23,24,25);1H. The molecule has 160 valence electrons. The number of nitrogens with two attached hydrogens (primary N) is 1. The average Bonchev–Trinajstić information content (AvgIpc) is 2.65. The van der Waals surface area contributed by atoms with Crippen LogP contribution < -0.4 is 11.1 Å². The van der Waals surface area contributed by atoms with Gasteiger partial charge in [0.2, 0.25) is 0 Å². The first-order valence-corrected chi connectivity index (χ1v) is 10.4. The van der Waals surface area contributed by atoms with Crippen molar-refractivity contribution < 1.29 is 9.47 Å². The van der Waals surface area contributed by atoms with Crippen LogP contribution in [0.3, 0.4) is 0 Å². The summed E-state index contributed by atoms with van der Waals surface area (Å²) in [7, 11) is 0. The van der Waals surface area contributed by atoms with Crippen LogP contribution in [0.15, 0.2) is 29.3 Å². The monoisotopic (exact) mass is 503 g/mol. The Labute approximate surface area is 187 Å². The molecule has 0 spiro atoms. The van der Waals surface area contributed by atoms with Gasteiger partial charge in [0.05, 0.1) is 19.3 Å². The minimum atomic E-state index is 0. The molecule has 1 aromatic rings. The third-order valence-electron chi connectivity index (χ3n) is 4.89. The summed E-state index contributed by atoms with van der Waals surface area (Å²) in [4.78, 5) is 4.49. The van der Waals surface area contributed by atoms with Crippen molar-refractivity contribution in [2.24, 2.45) is 16.6 Å². The summed E-state index contributed by atoms with van der Waals surface area (Å²) in [5, 5.41) is 3.30. The van der Waals surface area contributed by atoms with Crippen LogP contribution in [0, 0.1) is 5.92 Å². The molecule has 1 fully saturated rings. The van der Waals surface area contributed by atoms with E-state index in [0.29, 0.717) is 31.3 Å². The van der Waals surface area contributed by atoms with Gasteiger partial charge in [-0.1, -0.05) is 51.0 Å². The summed E-state index contributed by atoms with van der Waals surface area (Å²) >= 11 is 0. The van der Waals surface area contributed by atoms with Gasteiger partial charge in [0.25, 0.3) is 0 Å². The number of hydrogen-bond donors (Lipinski definition) is 2. The highest BCUT2D eigenvalue weighted by molar-refractivity contribution is 14.0. The molecular weight excluding hydrogens is 465 g/mol. The fourth-order valence-electron chi connectivity index (χ4n) is 3.25. The van der Waals surface area contributed by atoms with Crippen LogP contribution in [-0.2, 0) is 22.6 Å². The molecule has 1 heterocycles. The number of hydrogen-bond acceptors (Lipinski definition) is 3. The second-order valence-electron chi connectivity index (χ2n) is 8.01. The van der Waals surface area contributed by atoms with Gasteiger partial charge in [-0.05, 0) is 43.2 Å². The molecule has 0 bridgehead atoms. The van der Waals surface area contributed by atoms with E-state index in [1.54, 1.807) is 0 Å². The molecule has 0 aliphatic carbocycles. The first-order valence-electron chi connectivity index (χ1n) is 10.4. The Kier molecular flexibility index (Phi) is 12.7. The third kappa shape index (κ3) is 10.6. The predicted molar refractivity (Wildman–Crippen MR) is 127 cm³/mol. The summed E-state index contributed by atoms with van der Waals surface area (Å²) in [6, 6.07) is 8.76. The van der Waals surface area contributed by atoms with Crippen molar-refractivity contribution in [3.63, 3.8) is 0 Å². The summed E-state index contributed by atoms with van der Waals surface area (Å²) in [5.41, 5.74) is 8.39. The molecule has 2 rings (SSSR count). The van der Waals surface area contributed by atoms with Crippen molar-refractivity contribution in [3.8, 4) is 0 Å². The third-order valence-corrected chi connectivity index (χ3v) is 4.89. The number of benzene rings is 1. The van der Waals surface area contributed by atoms with E-state index in [2.05, 4.69) is 55.3 Å². The fraction of sp³-hybridized carbons (Fsp3) is 0.682. The molecule has 0 radical (unpaired) electrons. The Morgan fingerprint density at radius 1 is 1.21 bits per heavy atom. The number of aliphatic imine (C=N–C) groups is 1. The molecule has 1 unspecified atom stereocenters. The molecule has 5 nitrogen and oxygen atoms in total. The van der Waals surface area contributed by atoms with Crippen molar-refractivity contribution >= 4 is 29.9 Å². The second-order valence-corrected chi connectivity index (χ2v) is 8.01. The molecule has 1 atom stereocenters. The van der Waals surface area contributed by atoms with Gasteiger partial charge in [0.15, 0.2) is 5.96 Å². The van der Waals surface area contributed by atoms with Crippen LogP contribution in [0.4, 0.5) is 0 Å². The highest BCUT2D eigenvalue weighted by Gasteiger charge is 2.14. The maximum atomic E-state index is 6.05. The Balaban J connectivity index is 0.00000392. The lowest BCUT2D eigenvalue weighted by molar-refractivity contribution is -0.0390. The van der Waals surface area contributed by atoms with Gasteiger partial charge in [-0.3, -0.25) is 0 Å². The van der Waals surface area contributed by atoms with Crippen LogP contribution in [-0.4, -0.2) is 31.3 Å². The highest BCUT2D eigenvalue weighted by Crippen LogP contribution is 2.14. The van der Waals surface area contributed by atoms with Gasteiger partial charge in [-0.2, -0.15) is 0 Å². The topological polar surface area (TPSA) is 68.9 Å². The van der Waals surface area contributed by atoms with E-state index in [1.165, 1.54) is 18.4 Å². The maximum Gasteiger partial charge on any atom is 0.189 e. The lowest BCUT2D eigenvalue weighted by Crippen LogP contribution is -2.38. The van der Waals surface area contributed by atoms with Crippen molar-refractivity contribution in [2.75, 3.05) is 13.2 Å². The smallest absolute Gasteiger partial charge is 0.189 e. The Morgan fingerprint density at radius 3 is 2.64 bits per heavy atom. The lowest BCUT2D eigenvalue weighted by atomic mass is 10.0. The average molecular weight is 503 g/mol. The van der Waals surface area contributed by atoms with Gasteiger partial charge in [0, 0.05) is 19.3 Å². The molecule has 3 N–H and O–H groups in total. The Hall–Kier alpha value is -0.860. The van der Waals surface area contributed by atoms with E-state index < -0.39 is 0 Å². The molecular formula is C22H38IN3O2. The molecule has 28 heavy (non-hydrogen) atoms. The molecule has 1 aromatic carbocycles. The zero-order valence-corrected chi connectivity index (χ0v) is 20.0. The summed E-state index contributed by atoms with van der Waals surface area (Å²) in [6.07, 6.45) is 5.88. The molecule has 1 aliphatic rings. The molecule has 1 aliphatic heterocycles. The van der Waals surface area contributed by atoms with E-state index in [4.69, 9.17) is 15.2 Å². The van der Waals surface area contributed by atoms with Crippen LogP contribution in [0.2, 0.25) is 0 Å². The van der Waals surface area contributed by atoms with Gasteiger partial charge in [-0.15, -0.1) is 24.0 Å². The van der Waals surface area contributed by atoms with Crippen LogP contribution in [0.5, 0.6) is 0 Å². The minimum Gasteiger partial charge on any atom is -0.381 e. The number of guanidine groups is 1. The lowest BCUT2D eigenvalue weighted by Gasteiger charge is -2.22. The normalized spacial score (nSPS) is 16.6. The quantitative estimate of drug-likeness (QED) is 0.278. The number of nitrogens with one attached hydrogen (secondary N) is 1. The molecule has 0 amide bonds. The number of nitrogens with zero attached hydrogens (tertiary/aromatic N) is 1. The molecule has 0 aromatic heterocycles. The van der Waals surface area contributed by atoms with Crippen molar-refractivity contribution in [1.82, 2.24) is 5.32 Å². The largest absolute Gasteiger partial charge is 0.381 e. The van der Waals surface area contributed by atoms with Gasteiger partial charge >= 0.3 is 0 Å². The fourth-order valence-corrected chi connectivity index (χ4v) is 3.25. The summed E-state index contributed by atoms with van der Waals surface area (Å²) in [6.45, 7) is 9.53. The zero-order chi connectivity index (χ0) is 19.5. The Morgan fingerprint density at radius 2 is 1.93 bits per heavy atom. The Bertz CT molecular complexity index is 575. The van der Waals surface area contributed by atoms with Gasteiger partial charge in [0.1, 0.15) is 0 Å². The number of ether oxygens (including phenoxy) is 2. The number of rotatable bonds is 10. The molecule has 0 saturated carbocycles. The second kappa shape index (κ2) is 14.2. The minimum absolute atomic E-state index is 0. The molecule has 6 heteroatoms. The SMILES string of the molecule is CC(C)CCCC(C)NC(N)=NCc1cccc(COC2CCOCC2)c1.I. The van der Waals surface area contributed by atoms with Crippen LogP contribution in [0.1, 0.15) is 64.0 Å². The maximum absolute atomic E-state index is 6.05. The first-order chi connectivity index (χ1) is 13.0.